The Labute approximate surface area is 125 Å². The summed E-state index contributed by atoms with van der Waals surface area (Å²) in [7, 11) is 1.56. The summed E-state index contributed by atoms with van der Waals surface area (Å²) >= 11 is 0. The zero-order valence-corrected chi connectivity index (χ0v) is 13.2. The third kappa shape index (κ3) is 3.74. The quantitative estimate of drug-likeness (QED) is 0.843. The van der Waals surface area contributed by atoms with Gasteiger partial charge >= 0.3 is 5.97 Å². The van der Waals surface area contributed by atoms with Gasteiger partial charge in [0.15, 0.2) is 0 Å². The number of hydrogen-bond acceptors (Lipinski definition) is 3. The van der Waals surface area contributed by atoms with Crippen molar-refractivity contribution in [1.82, 2.24) is 5.32 Å². The van der Waals surface area contributed by atoms with Gasteiger partial charge in [-0.1, -0.05) is 18.2 Å². The molecule has 1 aromatic rings. The number of aliphatic carboxylic acids is 1. The van der Waals surface area contributed by atoms with Gasteiger partial charge < -0.3 is 15.2 Å². The molecule has 0 fully saturated rings. The molecule has 5 nitrogen and oxygen atoms in total. The van der Waals surface area contributed by atoms with Crippen LogP contribution in [0, 0.1) is 5.41 Å². The summed E-state index contributed by atoms with van der Waals surface area (Å²) in [6.07, 6.45) is 0. The maximum Gasteiger partial charge on any atom is 0.310 e. The van der Waals surface area contributed by atoms with Crippen molar-refractivity contribution in [3.63, 3.8) is 0 Å². The van der Waals surface area contributed by atoms with E-state index in [0.29, 0.717) is 5.75 Å². The fraction of sp³-hybridized carbons (Fsp3) is 0.500. The van der Waals surface area contributed by atoms with Crippen LogP contribution >= 0.6 is 0 Å². The lowest BCUT2D eigenvalue weighted by Gasteiger charge is -2.28. The number of carbonyl (C=O) groups excluding carboxylic acids is 1. The predicted molar refractivity (Wildman–Crippen MR) is 80.4 cm³/mol. The van der Waals surface area contributed by atoms with Crippen LogP contribution in [0.15, 0.2) is 24.3 Å². The summed E-state index contributed by atoms with van der Waals surface area (Å²) in [6.45, 7) is 6.79. The Morgan fingerprint density at radius 3 is 2.29 bits per heavy atom. The maximum absolute atomic E-state index is 12.4. The molecule has 0 aromatic heterocycles. The van der Waals surface area contributed by atoms with Crippen molar-refractivity contribution < 1.29 is 19.4 Å². The molecule has 0 atom stereocenters. The van der Waals surface area contributed by atoms with Crippen molar-refractivity contribution in [3.05, 3.63) is 29.8 Å². The molecule has 5 heteroatoms. The number of para-hydroxylation sites is 1. The predicted octanol–water partition coefficient (Wildman–Crippen LogP) is 2.20. The largest absolute Gasteiger partial charge is 0.496 e. The first-order valence-electron chi connectivity index (χ1n) is 6.78. The van der Waals surface area contributed by atoms with Gasteiger partial charge in [-0.25, -0.2) is 0 Å². The average molecular weight is 293 g/mol. The minimum absolute atomic E-state index is 0.0692. The first-order valence-corrected chi connectivity index (χ1v) is 6.78. The zero-order chi connectivity index (χ0) is 16.3. The van der Waals surface area contributed by atoms with E-state index in [9.17, 15) is 9.59 Å². The van der Waals surface area contributed by atoms with Gasteiger partial charge in [0.2, 0.25) is 5.91 Å². The second kappa shape index (κ2) is 6.16. The smallest absolute Gasteiger partial charge is 0.310 e. The fourth-order valence-corrected chi connectivity index (χ4v) is 1.88. The Kier molecular flexibility index (Phi) is 4.99. The number of carboxylic acid groups (broad SMARTS) is 1. The van der Waals surface area contributed by atoms with Crippen molar-refractivity contribution >= 4 is 11.9 Å². The molecule has 0 unspecified atom stereocenters. The zero-order valence-electron chi connectivity index (χ0n) is 13.2. The number of amides is 1. The van der Waals surface area contributed by atoms with E-state index in [4.69, 9.17) is 9.84 Å². The van der Waals surface area contributed by atoms with Gasteiger partial charge in [-0.15, -0.1) is 0 Å². The molecule has 2 N–H and O–H groups in total. The van der Waals surface area contributed by atoms with E-state index in [1.165, 1.54) is 0 Å². The minimum Gasteiger partial charge on any atom is -0.496 e. The van der Waals surface area contributed by atoms with Crippen LogP contribution in [0.1, 0.15) is 33.3 Å². The van der Waals surface area contributed by atoms with Gasteiger partial charge in [-0.2, -0.15) is 0 Å². The Morgan fingerprint density at radius 1 is 1.19 bits per heavy atom. The van der Waals surface area contributed by atoms with Gasteiger partial charge in [0.05, 0.1) is 17.9 Å². The van der Waals surface area contributed by atoms with Crippen LogP contribution in [0.4, 0.5) is 0 Å². The molecular weight excluding hydrogens is 270 g/mol. The van der Waals surface area contributed by atoms with Crippen molar-refractivity contribution in [2.75, 3.05) is 13.7 Å². The van der Waals surface area contributed by atoms with E-state index < -0.39 is 16.8 Å². The van der Waals surface area contributed by atoms with Crippen molar-refractivity contribution in [1.29, 1.82) is 0 Å². The number of hydrogen-bond donors (Lipinski definition) is 2. The Bertz CT molecular complexity index is 535. The van der Waals surface area contributed by atoms with Gasteiger partial charge in [-0.05, 0) is 33.8 Å². The number of nitrogens with one attached hydrogen (secondary N) is 1. The van der Waals surface area contributed by atoms with E-state index in [0.717, 1.165) is 5.56 Å². The Morgan fingerprint density at radius 2 is 1.76 bits per heavy atom. The number of carbonyl (C=O) groups is 2. The molecule has 0 spiro atoms. The average Bonchev–Trinajstić information content (AvgIpc) is 2.44. The van der Waals surface area contributed by atoms with Gasteiger partial charge in [0.25, 0.3) is 0 Å². The summed E-state index contributed by atoms with van der Waals surface area (Å²) in [6, 6.07) is 7.31. The minimum atomic E-state index is -1.01. The van der Waals surface area contributed by atoms with E-state index in [1.54, 1.807) is 40.9 Å². The van der Waals surface area contributed by atoms with Crippen LogP contribution in [0.3, 0.4) is 0 Å². The molecule has 0 aliphatic heterocycles. The lowest BCUT2D eigenvalue weighted by atomic mass is 9.82. The molecule has 0 radical (unpaired) electrons. The van der Waals surface area contributed by atoms with Gasteiger partial charge in [-0.3, -0.25) is 9.59 Å². The molecule has 0 aliphatic rings. The van der Waals surface area contributed by atoms with E-state index >= 15 is 0 Å². The molecule has 0 heterocycles. The fourth-order valence-electron chi connectivity index (χ4n) is 1.88. The summed E-state index contributed by atoms with van der Waals surface area (Å²) < 4.78 is 5.29. The lowest BCUT2D eigenvalue weighted by molar-refractivity contribution is -0.146. The SMILES string of the molecule is COc1ccccc1C(C)(C)C(=O)NCC(C)(C)C(=O)O. The molecule has 0 saturated carbocycles. The van der Waals surface area contributed by atoms with Crippen molar-refractivity contribution in [2.24, 2.45) is 5.41 Å². The molecule has 116 valence electrons. The summed E-state index contributed by atoms with van der Waals surface area (Å²) in [5, 5.41) is 11.8. The van der Waals surface area contributed by atoms with E-state index in [2.05, 4.69) is 5.32 Å². The standard InChI is InChI=1S/C16H23NO4/c1-15(2,14(19)20)10-17-13(18)16(3,4)11-8-6-7-9-12(11)21-5/h6-9H,10H2,1-5H3,(H,17,18)(H,19,20). The second-order valence-electron chi connectivity index (χ2n) is 6.20. The normalized spacial score (nSPS) is 11.9. The highest BCUT2D eigenvalue weighted by atomic mass is 16.5. The molecule has 21 heavy (non-hydrogen) atoms. The number of rotatable bonds is 6. The van der Waals surface area contributed by atoms with Crippen LogP contribution in [-0.4, -0.2) is 30.6 Å². The third-order valence-corrected chi connectivity index (χ3v) is 3.62. The molecule has 1 aromatic carbocycles. The number of ether oxygens (including phenoxy) is 1. The number of carboxylic acids is 1. The molecule has 0 saturated heterocycles. The van der Waals surface area contributed by atoms with Gasteiger partial charge in [0.1, 0.15) is 5.75 Å². The summed E-state index contributed by atoms with van der Waals surface area (Å²) in [4.78, 5) is 23.5. The monoisotopic (exact) mass is 293 g/mol. The Balaban J connectivity index is 2.92. The van der Waals surface area contributed by atoms with Crippen molar-refractivity contribution in [3.8, 4) is 5.75 Å². The van der Waals surface area contributed by atoms with Gasteiger partial charge in [0, 0.05) is 12.1 Å². The highest BCUT2D eigenvalue weighted by molar-refractivity contribution is 5.88. The molecular formula is C16H23NO4. The molecule has 0 aliphatic carbocycles. The first-order chi connectivity index (χ1) is 9.63. The second-order valence-corrected chi connectivity index (χ2v) is 6.20. The maximum atomic E-state index is 12.4. The van der Waals surface area contributed by atoms with Crippen LogP contribution in [0.2, 0.25) is 0 Å². The highest BCUT2D eigenvalue weighted by Gasteiger charge is 2.35. The Hall–Kier alpha value is -2.04. The molecule has 1 rings (SSSR count). The summed E-state index contributed by atoms with van der Waals surface area (Å²) in [5.41, 5.74) is -1.06. The molecule has 0 bridgehead atoms. The van der Waals surface area contributed by atoms with Crippen LogP contribution in [-0.2, 0) is 15.0 Å². The van der Waals surface area contributed by atoms with E-state index in [-0.39, 0.29) is 12.5 Å². The van der Waals surface area contributed by atoms with Crippen molar-refractivity contribution in [2.45, 2.75) is 33.1 Å². The van der Waals surface area contributed by atoms with E-state index in [1.807, 2.05) is 18.2 Å². The van der Waals surface area contributed by atoms with Crippen LogP contribution in [0.25, 0.3) is 0 Å². The number of benzene rings is 1. The van der Waals surface area contributed by atoms with Crippen LogP contribution in [0.5, 0.6) is 5.75 Å². The van der Waals surface area contributed by atoms with Crippen LogP contribution < -0.4 is 10.1 Å². The molecule has 1 amide bonds. The third-order valence-electron chi connectivity index (χ3n) is 3.62. The first kappa shape index (κ1) is 17.0. The number of methoxy groups -OCH3 is 1. The topological polar surface area (TPSA) is 75.6 Å². The highest BCUT2D eigenvalue weighted by Crippen LogP contribution is 2.31. The summed E-state index contributed by atoms with van der Waals surface area (Å²) in [5.74, 6) is -0.547. The lowest BCUT2D eigenvalue weighted by Crippen LogP contribution is -2.46.